The van der Waals surface area contributed by atoms with E-state index in [9.17, 15) is 13.5 Å². The van der Waals surface area contributed by atoms with Crippen LogP contribution in [0.25, 0.3) is 0 Å². The van der Waals surface area contributed by atoms with Crippen molar-refractivity contribution < 1.29 is 13.5 Å². The number of anilines is 1. The summed E-state index contributed by atoms with van der Waals surface area (Å²) in [5.74, 6) is -0.0256. The van der Waals surface area contributed by atoms with Crippen molar-refractivity contribution in [1.29, 1.82) is 0 Å². The smallest absolute Gasteiger partial charge is 0.235 e. The van der Waals surface area contributed by atoms with Crippen molar-refractivity contribution in [2.45, 2.75) is 63.5 Å². The van der Waals surface area contributed by atoms with E-state index >= 15 is 0 Å². The van der Waals surface area contributed by atoms with E-state index in [2.05, 4.69) is 25.5 Å². The van der Waals surface area contributed by atoms with Crippen LogP contribution in [0.1, 0.15) is 58.4 Å². The van der Waals surface area contributed by atoms with Crippen molar-refractivity contribution in [2.24, 2.45) is 0 Å². The molecule has 1 aliphatic rings. The van der Waals surface area contributed by atoms with Crippen LogP contribution in [0.4, 0.5) is 5.69 Å². The van der Waals surface area contributed by atoms with Crippen LogP contribution in [0.5, 0.6) is 5.75 Å². The Morgan fingerprint density at radius 1 is 1.14 bits per heavy atom. The first-order chi connectivity index (χ1) is 9.70. The monoisotopic (exact) mass is 311 g/mol. The first-order valence-electron chi connectivity index (χ1n) is 7.55. The van der Waals surface area contributed by atoms with E-state index in [-0.39, 0.29) is 22.1 Å². The Morgan fingerprint density at radius 2 is 1.76 bits per heavy atom. The summed E-state index contributed by atoms with van der Waals surface area (Å²) in [5.41, 5.74) is 1.17. The van der Waals surface area contributed by atoms with Crippen LogP contribution in [0.3, 0.4) is 0 Å². The van der Waals surface area contributed by atoms with Crippen LogP contribution in [0, 0.1) is 0 Å². The molecule has 2 rings (SSSR count). The molecule has 21 heavy (non-hydrogen) atoms. The minimum Gasteiger partial charge on any atom is -0.506 e. The topological polar surface area (TPSA) is 66.4 Å². The molecule has 4 nitrogen and oxygen atoms in total. The SMILES string of the molecule is CC(C)(C)c1ccc(O)c(NS(=O)(=O)C2CCCCC2)c1. The van der Waals surface area contributed by atoms with Crippen LogP contribution < -0.4 is 4.72 Å². The van der Waals surface area contributed by atoms with Gasteiger partial charge in [-0.3, -0.25) is 4.72 Å². The summed E-state index contributed by atoms with van der Waals surface area (Å²) in [4.78, 5) is 0. The summed E-state index contributed by atoms with van der Waals surface area (Å²) in [6.07, 6.45) is 4.43. The number of hydrogen-bond acceptors (Lipinski definition) is 3. The van der Waals surface area contributed by atoms with Gasteiger partial charge in [0.2, 0.25) is 10.0 Å². The third-order valence-electron chi connectivity index (χ3n) is 4.11. The molecule has 1 aliphatic carbocycles. The van der Waals surface area contributed by atoms with E-state index in [4.69, 9.17) is 0 Å². The maximum Gasteiger partial charge on any atom is 0.235 e. The van der Waals surface area contributed by atoms with Gasteiger partial charge >= 0.3 is 0 Å². The molecular weight excluding hydrogens is 286 g/mol. The molecule has 0 amide bonds. The summed E-state index contributed by atoms with van der Waals surface area (Å²) in [6, 6.07) is 5.11. The molecule has 0 heterocycles. The average Bonchev–Trinajstić information content (AvgIpc) is 2.41. The van der Waals surface area contributed by atoms with E-state index < -0.39 is 10.0 Å². The molecule has 0 aromatic heterocycles. The van der Waals surface area contributed by atoms with Crippen molar-refractivity contribution >= 4 is 15.7 Å². The van der Waals surface area contributed by atoms with E-state index in [1.165, 1.54) is 0 Å². The lowest BCUT2D eigenvalue weighted by Crippen LogP contribution is -2.29. The Kier molecular flexibility index (Phi) is 4.51. The minimum absolute atomic E-state index is 0.0256. The summed E-state index contributed by atoms with van der Waals surface area (Å²) in [6.45, 7) is 6.16. The molecule has 1 fully saturated rings. The normalized spacial score (nSPS) is 17.7. The van der Waals surface area contributed by atoms with Crippen molar-refractivity contribution in [2.75, 3.05) is 4.72 Å². The van der Waals surface area contributed by atoms with E-state index in [1.807, 2.05) is 6.07 Å². The zero-order valence-electron chi connectivity index (χ0n) is 13.0. The molecule has 1 saturated carbocycles. The molecule has 2 N–H and O–H groups in total. The number of sulfonamides is 1. The molecule has 0 aliphatic heterocycles. The Hall–Kier alpha value is -1.23. The van der Waals surface area contributed by atoms with Crippen molar-refractivity contribution in [3.63, 3.8) is 0 Å². The fourth-order valence-corrected chi connectivity index (χ4v) is 4.29. The highest BCUT2D eigenvalue weighted by Crippen LogP contribution is 2.33. The number of hydrogen-bond donors (Lipinski definition) is 2. The third kappa shape index (κ3) is 3.90. The number of benzene rings is 1. The second kappa shape index (κ2) is 5.87. The Balaban J connectivity index is 2.26. The summed E-state index contributed by atoms with van der Waals surface area (Å²) < 4.78 is 27.5. The molecule has 1 aromatic carbocycles. The van der Waals surface area contributed by atoms with Crippen LogP contribution in [0.15, 0.2) is 18.2 Å². The van der Waals surface area contributed by atoms with Gasteiger partial charge in [0.15, 0.2) is 0 Å². The van der Waals surface area contributed by atoms with Gasteiger partial charge in [-0.05, 0) is 36.0 Å². The van der Waals surface area contributed by atoms with Crippen LogP contribution in [0.2, 0.25) is 0 Å². The molecule has 0 bridgehead atoms. The van der Waals surface area contributed by atoms with Gasteiger partial charge in [-0.2, -0.15) is 0 Å². The zero-order chi connectivity index (χ0) is 15.7. The number of phenols is 1. The fourth-order valence-electron chi connectivity index (χ4n) is 2.70. The summed E-state index contributed by atoms with van der Waals surface area (Å²) in [5, 5.41) is 9.59. The first kappa shape index (κ1) is 16.1. The van der Waals surface area contributed by atoms with Crippen molar-refractivity contribution in [1.82, 2.24) is 0 Å². The van der Waals surface area contributed by atoms with Gasteiger partial charge in [-0.1, -0.05) is 46.1 Å². The predicted molar refractivity (Wildman–Crippen MR) is 86.2 cm³/mol. The average molecular weight is 311 g/mol. The van der Waals surface area contributed by atoms with Gasteiger partial charge in [0, 0.05) is 0 Å². The Bertz CT molecular complexity index is 596. The molecule has 0 atom stereocenters. The largest absolute Gasteiger partial charge is 0.506 e. The second-order valence-electron chi connectivity index (χ2n) is 6.89. The number of rotatable bonds is 3. The van der Waals surface area contributed by atoms with Gasteiger partial charge in [-0.15, -0.1) is 0 Å². The van der Waals surface area contributed by atoms with Gasteiger partial charge in [0.1, 0.15) is 5.75 Å². The van der Waals surface area contributed by atoms with Gasteiger partial charge in [0.25, 0.3) is 0 Å². The number of nitrogens with one attached hydrogen (secondary N) is 1. The lowest BCUT2D eigenvalue weighted by Gasteiger charge is -2.24. The Labute approximate surface area is 127 Å². The summed E-state index contributed by atoms with van der Waals surface area (Å²) >= 11 is 0. The summed E-state index contributed by atoms with van der Waals surface area (Å²) in [7, 11) is -3.43. The molecule has 0 unspecified atom stereocenters. The first-order valence-corrected chi connectivity index (χ1v) is 9.10. The second-order valence-corrected chi connectivity index (χ2v) is 8.85. The fraction of sp³-hybridized carbons (Fsp3) is 0.625. The predicted octanol–water partition coefficient (Wildman–Crippen LogP) is 3.76. The van der Waals surface area contributed by atoms with Crippen molar-refractivity contribution in [3.8, 4) is 5.75 Å². The van der Waals surface area contributed by atoms with Gasteiger partial charge < -0.3 is 5.11 Å². The van der Waals surface area contributed by atoms with E-state index in [0.29, 0.717) is 12.8 Å². The minimum atomic E-state index is -3.43. The lowest BCUT2D eigenvalue weighted by molar-refractivity contribution is 0.474. The zero-order valence-corrected chi connectivity index (χ0v) is 13.8. The quantitative estimate of drug-likeness (QED) is 0.835. The highest BCUT2D eigenvalue weighted by Gasteiger charge is 2.28. The molecule has 5 heteroatoms. The molecular formula is C16H25NO3S. The molecule has 0 saturated heterocycles. The third-order valence-corrected chi connectivity index (χ3v) is 5.96. The van der Waals surface area contributed by atoms with Crippen molar-refractivity contribution in [3.05, 3.63) is 23.8 Å². The standard InChI is InChI=1S/C16H25NO3S/c1-16(2,3)12-9-10-15(18)14(11-12)17-21(19,20)13-7-5-4-6-8-13/h9-11,13,17-18H,4-8H2,1-3H3. The molecule has 0 radical (unpaired) electrons. The highest BCUT2D eigenvalue weighted by molar-refractivity contribution is 7.93. The Morgan fingerprint density at radius 3 is 2.33 bits per heavy atom. The van der Waals surface area contributed by atoms with Crippen LogP contribution in [-0.4, -0.2) is 18.8 Å². The maximum absolute atomic E-state index is 12.4. The maximum atomic E-state index is 12.4. The van der Waals surface area contributed by atoms with E-state index in [1.54, 1.807) is 12.1 Å². The van der Waals surface area contributed by atoms with Crippen LogP contribution in [-0.2, 0) is 15.4 Å². The number of aromatic hydroxyl groups is 1. The number of phenolic OH excluding ortho intramolecular Hbond substituents is 1. The molecule has 1 aromatic rings. The molecule has 118 valence electrons. The van der Waals surface area contributed by atoms with E-state index in [0.717, 1.165) is 24.8 Å². The van der Waals surface area contributed by atoms with Crippen LogP contribution >= 0.6 is 0 Å². The highest BCUT2D eigenvalue weighted by atomic mass is 32.2. The van der Waals surface area contributed by atoms with Gasteiger partial charge in [0.05, 0.1) is 10.9 Å². The lowest BCUT2D eigenvalue weighted by atomic mass is 9.87. The molecule has 0 spiro atoms. The van der Waals surface area contributed by atoms with Gasteiger partial charge in [-0.25, -0.2) is 8.42 Å².